The quantitative estimate of drug-likeness (QED) is 0.714. The van der Waals surface area contributed by atoms with Crippen molar-refractivity contribution < 1.29 is 14.6 Å². The topological polar surface area (TPSA) is 72.5 Å². The molecular formula is C8H8ClNO3. The van der Waals surface area contributed by atoms with E-state index in [2.05, 4.69) is 0 Å². The molecule has 0 spiro atoms. The molecule has 0 aliphatic carbocycles. The predicted molar refractivity (Wildman–Crippen MR) is 49.4 cm³/mol. The molecule has 0 unspecified atom stereocenters. The Kier molecular flexibility index (Phi) is 2.63. The first-order chi connectivity index (χ1) is 6.06. The Labute approximate surface area is 79.9 Å². The average molecular weight is 202 g/mol. The van der Waals surface area contributed by atoms with Gasteiger partial charge >= 0.3 is 5.97 Å². The van der Waals surface area contributed by atoms with Crippen molar-refractivity contribution >= 4 is 23.3 Å². The lowest BCUT2D eigenvalue weighted by Gasteiger charge is -2.07. The fraction of sp³-hybridized carbons (Fsp3) is 0.125. The van der Waals surface area contributed by atoms with Gasteiger partial charge in [-0.25, -0.2) is 4.79 Å². The summed E-state index contributed by atoms with van der Waals surface area (Å²) in [6.07, 6.45) is 0. The van der Waals surface area contributed by atoms with Crippen molar-refractivity contribution in [2.45, 2.75) is 0 Å². The highest BCUT2D eigenvalue weighted by molar-refractivity contribution is 6.31. The fourth-order valence-electron chi connectivity index (χ4n) is 1.00. The third kappa shape index (κ3) is 1.84. The van der Waals surface area contributed by atoms with E-state index in [9.17, 15) is 4.79 Å². The van der Waals surface area contributed by atoms with Gasteiger partial charge in [-0.1, -0.05) is 11.6 Å². The molecule has 0 saturated heterocycles. The Morgan fingerprint density at radius 1 is 1.62 bits per heavy atom. The molecule has 0 fully saturated rings. The second-order valence-electron chi connectivity index (χ2n) is 2.38. The first-order valence-electron chi connectivity index (χ1n) is 3.42. The number of nitrogens with two attached hydrogens (primary N) is 1. The molecule has 3 N–H and O–H groups in total. The average Bonchev–Trinajstić information content (AvgIpc) is 2.02. The molecule has 13 heavy (non-hydrogen) atoms. The molecule has 0 saturated carbocycles. The summed E-state index contributed by atoms with van der Waals surface area (Å²) in [6.45, 7) is 0. The summed E-state index contributed by atoms with van der Waals surface area (Å²) >= 11 is 5.62. The van der Waals surface area contributed by atoms with Crippen LogP contribution in [0, 0.1) is 0 Å². The van der Waals surface area contributed by atoms with E-state index in [1.165, 1.54) is 19.2 Å². The summed E-state index contributed by atoms with van der Waals surface area (Å²) in [5.74, 6) is -0.983. The summed E-state index contributed by atoms with van der Waals surface area (Å²) in [5.41, 5.74) is 5.68. The zero-order valence-corrected chi connectivity index (χ0v) is 7.63. The number of anilines is 1. The van der Waals surface area contributed by atoms with Crippen molar-refractivity contribution in [3.05, 3.63) is 22.7 Å². The lowest BCUT2D eigenvalue weighted by atomic mass is 10.2. The summed E-state index contributed by atoms with van der Waals surface area (Å²) < 4.78 is 4.83. The highest BCUT2D eigenvalue weighted by Gasteiger charge is 2.14. The van der Waals surface area contributed by atoms with Crippen molar-refractivity contribution in [1.82, 2.24) is 0 Å². The fourth-order valence-corrected chi connectivity index (χ4v) is 1.23. The van der Waals surface area contributed by atoms with E-state index in [0.29, 0.717) is 0 Å². The maximum Gasteiger partial charge on any atom is 0.339 e. The predicted octanol–water partition coefficient (Wildman–Crippen LogP) is 1.63. The molecule has 0 radical (unpaired) electrons. The maximum absolute atomic E-state index is 10.7. The monoisotopic (exact) mass is 201 g/mol. The van der Waals surface area contributed by atoms with Gasteiger partial charge in [-0.05, 0) is 12.1 Å². The largest absolute Gasteiger partial charge is 0.494 e. The van der Waals surface area contributed by atoms with Crippen LogP contribution in [0.3, 0.4) is 0 Å². The highest BCUT2D eigenvalue weighted by atomic mass is 35.5. The van der Waals surface area contributed by atoms with Crippen LogP contribution in [-0.2, 0) is 0 Å². The number of carbonyl (C=O) groups is 1. The van der Waals surface area contributed by atoms with Gasteiger partial charge in [-0.2, -0.15) is 0 Å². The van der Waals surface area contributed by atoms with Crippen LogP contribution in [0.1, 0.15) is 10.4 Å². The van der Waals surface area contributed by atoms with Crippen molar-refractivity contribution in [2.75, 3.05) is 12.8 Å². The number of rotatable bonds is 2. The normalized spacial score (nSPS) is 9.69. The number of nitrogen functional groups attached to an aromatic ring is 1. The molecule has 4 nitrogen and oxygen atoms in total. The van der Waals surface area contributed by atoms with Gasteiger partial charge in [0.05, 0.1) is 12.8 Å². The standard InChI is InChI=1S/C8H8ClNO3/c1-13-7-5(8(11)12)2-4(9)3-6(7)10/h2-3H,10H2,1H3,(H,11,12). The summed E-state index contributed by atoms with van der Waals surface area (Å²) in [7, 11) is 1.35. The number of halogens is 1. The Morgan fingerprint density at radius 3 is 2.69 bits per heavy atom. The lowest BCUT2D eigenvalue weighted by molar-refractivity contribution is 0.0693. The van der Waals surface area contributed by atoms with E-state index in [1.807, 2.05) is 0 Å². The molecule has 1 aromatic rings. The van der Waals surface area contributed by atoms with Gasteiger partial charge in [-0.3, -0.25) is 0 Å². The van der Waals surface area contributed by atoms with Crippen molar-refractivity contribution in [1.29, 1.82) is 0 Å². The minimum Gasteiger partial charge on any atom is -0.494 e. The Hall–Kier alpha value is -1.42. The van der Waals surface area contributed by atoms with Crippen molar-refractivity contribution in [2.24, 2.45) is 0 Å². The van der Waals surface area contributed by atoms with Gasteiger partial charge in [0.25, 0.3) is 0 Å². The number of hydrogen-bond donors (Lipinski definition) is 2. The SMILES string of the molecule is COc1c(N)cc(Cl)cc1C(=O)O. The van der Waals surface area contributed by atoms with E-state index in [0.717, 1.165) is 0 Å². The van der Waals surface area contributed by atoms with Crippen molar-refractivity contribution in [3.63, 3.8) is 0 Å². The number of carboxylic acids is 1. The Morgan fingerprint density at radius 2 is 2.23 bits per heavy atom. The van der Waals surface area contributed by atoms with Gasteiger partial charge in [0.2, 0.25) is 0 Å². The molecule has 0 aliphatic heterocycles. The highest BCUT2D eigenvalue weighted by Crippen LogP contribution is 2.29. The van der Waals surface area contributed by atoms with Gasteiger partial charge in [-0.15, -0.1) is 0 Å². The third-order valence-electron chi connectivity index (χ3n) is 1.52. The zero-order chi connectivity index (χ0) is 10.0. The van der Waals surface area contributed by atoms with Gasteiger partial charge < -0.3 is 15.6 Å². The molecule has 70 valence electrons. The second kappa shape index (κ2) is 3.53. The molecule has 1 aromatic carbocycles. The van der Waals surface area contributed by atoms with Crippen LogP contribution in [0.5, 0.6) is 5.75 Å². The van der Waals surface area contributed by atoms with Crippen LogP contribution in [-0.4, -0.2) is 18.2 Å². The Balaban J connectivity index is 3.38. The van der Waals surface area contributed by atoms with Crippen LogP contribution in [0.25, 0.3) is 0 Å². The number of carboxylic acid groups (broad SMARTS) is 1. The summed E-state index contributed by atoms with van der Waals surface area (Å²) in [6, 6.07) is 2.73. The number of benzene rings is 1. The number of ether oxygens (including phenoxy) is 1. The van der Waals surface area contributed by atoms with Gasteiger partial charge in [0.15, 0.2) is 5.75 Å². The van der Waals surface area contributed by atoms with Crippen LogP contribution in [0.2, 0.25) is 5.02 Å². The minimum atomic E-state index is -1.12. The van der Waals surface area contributed by atoms with E-state index < -0.39 is 5.97 Å². The molecule has 0 bridgehead atoms. The van der Waals surface area contributed by atoms with Crippen LogP contribution in [0.4, 0.5) is 5.69 Å². The number of hydrogen-bond acceptors (Lipinski definition) is 3. The number of aromatic carboxylic acids is 1. The van der Waals surface area contributed by atoms with Gasteiger partial charge in [0, 0.05) is 5.02 Å². The van der Waals surface area contributed by atoms with Crippen LogP contribution in [0.15, 0.2) is 12.1 Å². The van der Waals surface area contributed by atoms with Crippen molar-refractivity contribution in [3.8, 4) is 5.75 Å². The molecular weight excluding hydrogens is 194 g/mol. The maximum atomic E-state index is 10.7. The first kappa shape index (κ1) is 9.67. The van der Waals surface area contributed by atoms with Crippen LogP contribution < -0.4 is 10.5 Å². The molecule has 5 heteroatoms. The van der Waals surface area contributed by atoms with E-state index >= 15 is 0 Å². The van der Waals surface area contributed by atoms with Gasteiger partial charge in [0.1, 0.15) is 5.56 Å². The smallest absolute Gasteiger partial charge is 0.339 e. The third-order valence-corrected chi connectivity index (χ3v) is 1.74. The first-order valence-corrected chi connectivity index (χ1v) is 3.80. The molecule has 1 rings (SSSR count). The Bertz CT molecular complexity index is 351. The van der Waals surface area contributed by atoms with E-state index in [4.69, 9.17) is 27.2 Å². The minimum absolute atomic E-state index is 0.0347. The van der Waals surface area contributed by atoms with E-state index in [1.54, 1.807) is 0 Å². The zero-order valence-electron chi connectivity index (χ0n) is 6.87. The lowest BCUT2D eigenvalue weighted by Crippen LogP contribution is -2.03. The molecule has 0 aromatic heterocycles. The molecule has 0 amide bonds. The molecule has 0 heterocycles. The molecule has 0 atom stereocenters. The van der Waals surface area contributed by atoms with Crippen LogP contribution >= 0.6 is 11.6 Å². The molecule has 0 aliphatic rings. The second-order valence-corrected chi connectivity index (χ2v) is 2.82. The number of methoxy groups -OCH3 is 1. The summed E-state index contributed by atoms with van der Waals surface area (Å²) in [5, 5.41) is 9.03. The summed E-state index contributed by atoms with van der Waals surface area (Å²) in [4.78, 5) is 10.7. The van der Waals surface area contributed by atoms with E-state index in [-0.39, 0.29) is 22.0 Å².